The summed E-state index contributed by atoms with van der Waals surface area (Å²) in [6.07, 6.45) is 5.07. The zero-order chi connectivity index (χ0) is 17.2. The van der Waals surface area contributed by atoms with Gasteiger partial charge in [-0.05, 0) is 19.4 Å². The van der Waals surface area contributed by atoms with Crippen LogP contribution in [-0.2, 0) is 31.4 Å². The van der Waals surface area contributed by atoms with Crippen molar-refractivity contribution >= 4 is 0 Å². The summed E-state index contributed by atoms with van der Waals surface area (Å²) in [7, 11) is 2.02. The van der Waals surface area contributed by atoms with E-state index in [0.717, 1.165) is 58.9 Å². The molecule has 0 spiro atoms. The van der Waals surface area contributed by atoms with Crippen LogP contribution in [0, 0.1) is 6.92 Å². The van der Waals surface area contributed by atoms with Gasteiger partial charge in [0.1, 0.15) is 0 Å². The highest BCUT2D eigenvalue weighted by atomic mass is 16.5. The summed E-state index contributed by atoms with van der Waals surface area (Å²) < 4.78 is 9.65. The van der Waals surface area contributed by atoms with E-state index >= 15 is 0 Å². The average Bonchev–Trinajstić information content (AvgIpc) is 3.16. The van der Waals surface area contributed by atoms with Gasteiger partial charge < -0.3 is 4.74 Å². The van der Waals surface area contributed by atoms with Crippen LogP contribution < -0.4 is 0 Å². The molecular formula is C18H28N6O. The van der Waals surface area contributed by atoms with Gasteiger partial charge in [-0.25, -0.2) is 0 Å². The van der Waals surface area contributed by atoms with E-state index < -0.39 is 0 Å². The van der Waals surface area contributed by atoms with Crippen LogP contribution in [0.3, 0.4) is 0 Å². The fourth-order valence-corrected chi connectivity index (χ4v) is 3.88. The van der Waals surface area contributed by atoms with Crippen molar-refractivity contribution in [2.75, 3.05) is 32.8 Å². The molecule has 25 heavy (non-hydrogen) atoms. The number of morpholine rings is 1. The topological polar surface area (TPSA) is 51.4 Å². The first-order valence-corrected chi connectivity index (χ1v) is 9.23. The fourth-order valence-electron chi connectivity index (χ4n) is 3.88. The van der Waals surface area contributed by atoms with Gasteiger partial charge in [-0.3, -0.25) is 19.2 Å². The van der Waals surface area contributed by atoms with Gasteiger partial charge in [0.15, 0.2) is 0 Å². The number of fused-ring (bicyclic) bond motifs is 1. The van der Waals surface area contributed by atoms with Crippen LogP contribution >= 0.6 is 0 Å². The first-order valence-electron chi connectivity index (χ1n) is 9.23. The minimum atomic E-state index is 0.527. The second-order valence-electron chi connectivity index (χ2n) is 7.18. The maximum atomic E-state index is 5.51. The lowest BCUT2D eigenvalue weighted by molar-refractivity contribution is 0.0196. The van der Waals surface area contributed by atoms with Gasteiger partial charge in [-0.15, -0.1) is 0 Å². The predicted molar refractivity (Wildman–Crippen MR) is 95.1 cm³/mol. The summed E-state index contributed by atoms with van der Waals surface area (Å²) in [6, 6.07) is 2.68. The van der Waals surface area contributed by atoms with Gasteiger partial charge in [-0.2, -0.15) is 10.2 Å². The number of hydrogen-bond acceptors (Lipinski definition) is 5. The number of nitrogens with zero attached hydrogens (tertiary/aromatic N) is 6. The monoisotopic (exact) mass is 344 g/mol. The highest BCUT2D eigenvalue weighted by molar-refractivity contribution is 5.16. The van der Waals surface area contributed by atoms with Gasteiger partial charge in [0, 0.05) is 69.8 Å². The molecule has 7 nitrogen and oxygen atoms in total. The van der Waals surface area contributed by atoms with Gasteiger partial charge in [0.05, 0.1) is 25.1 Å². The highest BCUT2D eigenvalue weighted by Gasteiger charge is 2.27. The molecule has 2 aromatic heterocycles. The van der Waals surface area contributed by atoms with E-state index in [-0.39, 0.29) is 0 Å². The van der Waals surface area contributed by atoms with Crippen LogP contribution in [0.15, 0.2) is 18.5 Å². The molecule has 0 N–H and O–H groups in total. The molecule has 0 amide bonds. The SMILES string of the molecule is Cc1c(CN2Cc3ccnn3CC[C@@H]2CN2CCOCC2)cnn1C. The van der Waals surface area contributed by atoms with Gasteiger partial charge in [0.2, 0.25) is 0 Å². The molecule has 7 heteroatoms. The standard InChI is InChI=1S/C18H28N6O/c1-15-16(11-20-21(15)2)12-23-14-18-3-5-19-24(18)6-4-17(23)13-22-7-9-25-10-8-22/h3,5,11,17H,4,6-10,12-14H2,1-2H3/t17-/m1/s1. The molecule has 4 heterocycles. The van der Waals surface area contributed by atoms with Crippen LogP contribution in [0.2, 0.25) is 0 Å². The Bertz CT molecular complexity index is 702. The Kier molecular flexibility index (Phi) is 4.87. The van der Waals surface area contributed by atoms with E-state index in [9.17, 15) is 0 Å². The van der Waals surface area contributed by atoms with Crippen molar-refractivity contribution in [1.29, 1.82) is 0 Å². The quantitative estimate of drug-likeness (QED) is 0.829. The van der Waals surface area contributed by atoms with Crippen LogP contribution in [0.5, 0.6) is 0 Å². The molecule has 0 aromatic carbocycles. The Morgan fingerprint density at radius 1 is 1.20 bits per heavy atom. The van der Waals surface area contributed by atoms with Crippen LogP contribution in [-0.4, -0.2) is 68.3 Å². The van der Waals surface area contributed by atoms with Crippen molar-refractivity contribution in [3.63, 3.8) is 0 Å². The molecule has 2 aliphatic rings. The van der Waals surface area contributed by atoms with E-state index in [1.165, 1.54) is 17.0 Å². The molecular weight excluding hydrogens is 316 g/mol. The summed E-state index contributed by atoms with van der Waals surface area (Å²) in [4.78, 5) is 5.16. The maximum Gasteiger partial charge on any atom is 0.0594 e. The Hall–Kier alpha value is -1.70. The summed E-state index contributed by atoms with van der Waals surface area (Å²) in [6.45, 7) is 9.95. The molecule has 1 atom stereocenters. The molecule has 1 saturated heterocycles. The number of aromatic nitrogens is 4. The second-order valence-corrected chi connectivity index (χ2v) is 7.18. The summed E-state index contributed by atoms with van der Waals surface area (Å²) >= 11 is 0. The first-order chi connectivity index (χ1) is 12.2. The van der Waals surface area contributed by atoms with Gasteiger partial charge in [0.25, 0.3) is 0 Å². The zero-order valence-electron chi connectivity index (χ0n) is 15.3. The number of hydrogen-bond donors (Lipinski definition) is 0. The Morgan fingerprint density at radius 2 is 2.04 bits per heavy atom. The Morgan fingerprint density at radius 3 is 2.80 bits per heavy atom. The lowest BCUT2D eigenvalue weighted by Gasteiger charge is -2.35. The summed E-state index contributed by atoms with van der Waals surface area (Å²) in [5.74, 6) is 0. The van der Waals surface area contributed by atoms with Gasteiger partial charge >= 0.3 is 0 Å². The van der Waals surface area contributed by atoms with Crippen molar-refractivity contribution in [3.8, 4) is 0 Å². The maximum absolute atomic E-state index is 5.51. The van der Waals surface area contributed by atoms with Crippen molar-refractivity contribution in [2.24, 2.45) is 7.05 Å². The van der Waals surface area contributed by atoms with Crippen LogP contribution in [0.25, 0.3) is 0 Å². The van der Waals surface area contributed by atoms with E-state index in [4.69, 9.17) is 4.74 Å². The predicted octanol–water partition coefficient (Wildman–Crippen LogP) is 1.03. The smallest absolute Gasteiger partial charge is 0.0594 e. The van der Waals surface area contributed by atoms with Crippen molar-refractivity contribution in [2.45, 2.75) is 39.0 Å². The van der Waals surface area contributed by atoms with E-state index in [2.05, 4.69) is 37.7 Å². The number of aryl methyl sites for hydroxylation is 2. The molecule has 0 bridgehead atoms. The minimum absolute atomic E-state index is 0.527. The molecule has 0 aliphatic carbocycles. The number of rotatable bonds is 4. The minimum Gasteiger partial charge on any atom is -0.379 e. The highest BCUT2D eigenvalue weighted by Crippen LogP contribution is 2.22. The summed E-state index contributed by atoms with van der Waals surface area (Å²) in [5, 5.41) is 8.93. The molecule has 1 fully saturated rings. The normalized spacial score (nSPS) is 22.7. The van der Waals surface area contributed by atoms with Crippen LogP contribution in [0.4, 0.5) is 0 Å². The molecule has 2 aromatic rings. The Balaban J connectivity index is 1.53. The van der Waals surface area contributed by atoms with E-state index in [0.29, 0.717) is 6.04 Å². The molecule has 0 saturated carbocycles. The number of ether oxygens (including phenoxy) is 1. The Labute approximate surface area is 149 Å². The lowest BCUT2D eigenvalue weighted by atomic mass is 10.1. The van der Waals surface area contributed by atoms with Crippen molar-refractivity contribution < 1.29 is 4.74 Å². The molecule has 0 radical (unpaired) electrons. The molecule has 4 rings (SSSR count). The molecule has 2 aliphatic heterocycles. The zero-order valence-corrected chi connectivity index (χ0v) is 15.3. The third kappa shape index (κ3) is 3.63. The second kappa shape index (κ2) is 7.27. The van der Waals surface area contributed by atoms with Crippen LogP contribution in [0.1, 0.15) is 23.4 Å². The van der Waals surface area contributed by atoms with E-state index in [1.807, 2.05) is 24.1 Å². The van der Waals surface area contributed by atoms with Crippen molar-refractivity contribution in [1.82, 2.24) is 29.4 Å². The summed E-state index contributed by atoms with van der Waals surface area (Å²) in [5.41, 5.74) is 3.89. The largest absolute Gasteiger partial charge is 0.379 e. The third-order valence-electron chi connectivity index (χ3n) is 5.64. The lowest BCUT2D eigenvalue weighted by Crippen LogP contribution is -2.46. The average molecular weight is 344 g/mol. The molecule has 0 unspecified atom stereocenters. The first kappa shape index (κ1) is 16.8. The van der Waals surface area contributed by atoms with E-state index in [1.54, 1.807) is 0 Å². The third-order valence-corrected chi connectivity index (χ3v) is 5.64. The van der Waals surface area contributed by atoms with Crippen molar-refractivity contribution in [3.05, 3.63) is 35.4 Å². The fraction of sp³-hybridized carbons (Fsp3) is 0.667. The van der Waals surface area contributed by atoms with Gasteiger partial charge in [-0.1, -0.05) is 0 Å². The molecule has 136 valence electrons.